The van der Waals surface area contributed by atoms with Gasteiger partial charge >= 0.3 is 6.03 Å². The van der Waals surface area contributed by atoms with Gasteiger partial charge in [-0.3, -0.25) is 14.5 Å². The molecule has 0 spiro atoms. The molecule has 3 aliphatic rings. The summed E-state index contributed by atoms with van der Waals surface area (Å²) in [5.41, 5.74) is 5.37. The molecule has 1 fully saturated rings. The van der Waals surface area contributed by atoms with E-state index >= 15 is 0 Å². The van der Waals surface area contributed by atoms with Crippen molar-refractivity contribution in [2.24, 2.45) is 0 Å². The van der Waals surface area contributed by atoms with E-state index in [1.807, 2.05) is 68.1 Å². The molecule has 2 atom stereocenters. The molecule has 7 nitrogen and oxygen atoms in total. The Morgan fingerprint density at radius 3 is 2.44 bits per heavy atom. The average molecular weight is 487 g/mol. The summed E-state index contributed by atoms with van der Waals surface area (Å²) in [7, 11) is 0. The molecular formula is C29H34N4O3. The molecule has 1 saturated heterocycles. The highest BCUT2D eigenvalue weighted by atomic mass is 16.2. The third-order valence-electron chi connectivity index (χ3n) is 7.65. The lowest BCUT2D eigenvalue weighted by Gasteiger charge is -2.33. The summed E-state index contributed by atoms with van der Waals surface area (Å²) in [5.74, 6) is -0.170. The number of amides is 4. The monoisotopic (exact) mass is 486 g/mol. The zero-order chi connectivity index (χ0) is 25.4. The molecule has 0 bridgehead atoms. The minimum Gasteiger partial charge on any atom is -0.341 e. The van der Waals surface area contributed by atoms with E-state index in [2.05, 4.69) is 11.4 Å². The number of hydrogen-bond donors (Lipinski definition) is 1. The van der Waals surface area contributed by atoms with Gasteiger partial charge in [0, 0.05) is 26.1 Å². The lowest BCUT2D eigenvalue weighted by molar-refractivity contribution is -0.142. The van der Waals surface area contributed by atoms with Crippen molar-refractivity contribution in [3.63, 3.8) is 0 Å². The van der Waals surface area contributed by atoms with Crippen molar-refractivity contribution < 1.29 is 14.4 Å². The number of carbonyl (C=O) groups excluding carboxylic acids is 3. The van der Waals surface area contributed by atoms with Gasteiger partial charge in [0.1, 0.15) is 6.04 Å². The van der Waals surface area contributed by atoms with Crippen LogP contribution >= 0.6 is 0 Å². The molecule has 0 aromatic heterocycles. The molecule has 188 valence electrons. The highest BCUT2D eigenvalue weighted by Crippen LogP contribution is 2.38. The van der Waals surface area contributed by atoms with E-state index in [0.717, 1.165) is 48.2 Å². The number of nitrogens with one attached hydrogen (secondary N) is 1. The SMILES string of the molecule is CCN1C(=O)N[C@@H](c2ccc(C)cc2C)C2=C1CN([C@@H](Cc1ccccc1)C(=O)N1CCCC1)C2=O. The summed E-state index contributed by atoms with van der Waals surface area (Å²) in [4.78, 5) is 46.3. The van der Waals surface area contributed by atoms with Crippen LogP contribution < -0.4 is 5.32 Å². The number of hydrogen-bond acceptors (Lipinski definition) is 3. The van der Waals surface area contributed by atoms with Crippen LogP contribution in [-0.2, 0) is 16.0 Å². The van der Waals surface area contributed by atoms with Crippen LogP contribution in [0.1, 0.15) is 48.1 Å². The van der Waals surface area contributed by atoms with Gasteiger partial charge in [0.15, 0.2) is 0 Å². The molecule has 2 aromatic rings. The third kappa shape index (κ3) is 4.27. The molecular weight excluding hydrogens is 452 g/mol. The minimum atomic E-state index is -0.614. The van der Waals surface area contributed by atoms with Crippen LogP contribution in [0.25, 0.3) is 0 Å². The highest BCUT2D eigenvalue weighted by molar-refractivity contribution is 6.03. The number of aryl methyl sites for hydroxylation is 2. The Balaban J connectivity index is 1.54. The lowest BCUT2D eigenvalue weighted by atomic mass is 9.91. The van der Waals surface area contributed by atoms with Crippen LogP contribution in [0.15, 0.2) is 59.8 Å². The molecule has 3 heterocycles. The van der Waals surface area contributed by atoms with E-state index in [1.165, 1.54) is 0 Å². The van der Waals surface area contributed by atoms with E-state index < -0.39 is 12.1 Å². The predicted molar refractivity (Wildman–Crippen MR) is 138 cm³/mol. The van der Waals surface area contributed by atoms with Gasteiger partial charge < -0.3 is 15.1 Å². The van der Waals surface area contributed by atoms with E-state index in [-0.39, 0.29) is 24.4 Å². The van der Waals surface area contributed by atoms with Crippen molar-refractivity contribution in [3.05, 3.63) is 82.1 Å². The number of likely N-dealkylation sites (tertiary alicyclic amines) is 1. The Bertz CT molecular complexity index is 1220. The highest BCUT2D eigenvalue weighted by Gasteiger charge is 2.47. The quantitative estimate of drug-likeness (QED) is 0.677. The molecule has 1 N–H and O–H groups in total. The summed E-state index contributed by atoms with van der Waals surface area (Å²) in [5, 5.41) is 3.08. The molecule has 2 aromatic carbocycles. The number of nitrogens with zero attached hydrogens (tertiary/aromatic N) is 3. The summed E-state index contributed by atoms with van der Waals surface area (Å²) in [6, 6.07) is 14.6. The Hall–Kier alpha value is -3.61. The van der Waals surface area contributed by atoms with Gasteiger partial charge in [0.25, 0.3) is 5.91 Å². The van der Waals surface area contributed by atoms with Crippen LogP contribution in [-0.4, -0.2) is 64.8 Å². The largest absolute Gasteiger partial charge is 0.341 e. The molecule has 0 saturated carbocycles. The van der Waals surface area contributed by atoms with Gasteiger partial charge in [-0.2, -0.15) is 0 Å². The molecule has 0 unspecified atom stereocenters. The standard InChI is InChI=1S/C29H34N4O3/c1-4-32-24-18-33(23(17-21-10-6-5-7-11-21)27(34)31-14-8-9-15-31)28(35)25(24)26(30-29(32)36)22-13-12-19(2)16-20(22)3/h5-7,10-13,16,23,26H,4,8-9,14-15,17-18H2,1-3H3,(H,30,36)/t23-,26-/m0/s1. The van der Waals surface area contributed by atoms with Crippen LogP contribution in [0, 0.1) is 13.8 Å². The fourth-order valence-electron chi connectivity index (χ4n) is 5.80. The van der Waals surface area contributed by atoms with Crippen LogP contribution in [0.2, 0.25) is 0 Å². The maximum Gasteiger partial charge on any atom is 0.322 e. The van der Waals surface area contributed by atoms with Gasteiger partial charge in [-0.1, -0.05) is 54.1 Å². The van der Waals surface area contributed by atoms with Crippen molar-refractivity contribution in [3.8, 4) is 0 Å². The number of rotatable bonds is 6. The second-order valence-corrected chi connectivity index (χ2v) is 10.0. The van der Waals surface area contributed by atoms with Crippen molar-refractivity contribution in [1.29, 1.82) is 0 Å². The second kappa shape index (κ2) is 9.80. The minimum absolute atomic E-state index is 0.00468. The first-order valence-electron chi connectivity index (χ1n) is 12.9. The topological polar surface area (TPSA) is 73.0 Å². The van der Waals surface area contributed by atoms with Crippen LogP contribution in [0.4, 0.5) is 4.79 Å². The Labute approximate surface area is 212 Å². The summed E-state index contributed by atoms with van der Waals surface area (Å²) < 4.78 is 0. The zero-order valence-corrected chi connectivity index (χ0v) is 21.3. The molecule has 4 amide bonds. The van der Waals surface area contributed by atoms with Crippen molar-refractivity contribution in [2.75, 3.05) is 26.2 Å². The maximum atomic E-state index is 14.1. The molecule has 3 aliphatic heterocycles. The maximum absolute atomic E-state index is 14.1. The molecule has 0 radical (unpaired) electrons. The Morgan fingerprint density at radius 2 is 1.78 bits per heavy atom. The molecule has 7 heteroatoms. The summed E-state index contributed by atoms with van der Waals surface area (Å²) in [6.45, 7) is 8.11. The van der Waals surface area contributed by atoms with E-state index in [0.29, 0.717) is 24.2 Å². The van der Waals surface area contributed by atoms with Gasteiger partial charge in [-0.05, 0) is 50.3 Å². The molecule has 36 heavy (non-hydrogen) atoms. The third-order valence-corrected chi connectivity index (χ3v) is 7.65. The van der Waals surface area contributed by atoms with Gasteiger partial charge in [-0.15, -0.1) is 0 Å². The van der Waals surface area contributed by atoms with E-state index in [1.54, 1.807) is 9.80 Å². The number of carbonyl (C=O) groups is 3. The fraction of sp³-hybridized carbons (Fsp3) is 0.414. The summed E-state index contributed by atoms with van der Waals surface area (Å²) in [6.07, 6.45) is 2.43. The lowest BCUT2D eigenvalue weighted by Crippen LogP contribution is -2.50. The Kier molecular flexibility index (Phi) is 6.56. The fourth-order valence-corrected chi connectivity index (χ4v) is 5.80. The zero-order valence-electron chi connectivity index (χ0n) is 21.3. The first-order valence-corrected chi connectivity index (χ1v) is 12.9. The van der Waals surface area contributed by atoms with Crippen molar-refractivity contribution in [1.82, 2.24) is 20.0 Å². The normalized spacial score (nSPS) is 20.6. The number of benzene rings is 2. The summed E-state index contributed by atoms with van der Waals surface area (Å²) >= 11 is 0. The van der Waals surface area contributed by atoms with Gasteiger partial charge in [-0.25, -0.2) is 4.79 Å². The number of urea groups is 1. The first-order chi connectivity index (χ1) is 17.4. The molecule has 5 rings (SSSR count). The average Bonchev–Trinajstić information content (AvgIpc) is 3.51. The van der Waals surface area contributed by atoms with Gasteiger partial charge in [0.05, 0.1) is 23.9 Å². The van der Waals surface area contributed by atoms with Gasteiger partial charge in [0.2, 0.25) is 5.91 Å². The smallest absolute Gasteiger partial charge is 0.322 e. The molecule has 0 aliphatic carbocycles. The van der Waals surface area contributed by atoms with E-state index in [4.69, 9.17) is 0 Å². The van der Waals surface area contributed by atoms with Crippen LogP contribution in [0.5, 0.6) is 0 Å². The predicted octanol–water partition coefficient (Wildman–Crippen LogP) is 3.72. The number of likely N-dealkylation sites (N-methyl/N-ethyl adjacent to an activating group) is 1. The first kappa shape index (κ1) is 24.1. The van der Waals surface area contributed by atoms with E-state index in [9.17, 15) is 14.4 Å². The Morgan fingerprint density at radius 1 is 1.06 bits per heavy atom. The van der Waals surface area contributed by atoms with Crippen molar-refractivity contribution >= 4 is 17.8 Å². The van der Waals surface area contributed by atoms with Crippen molar-refractivity contribution in [2.45, 2.75) is 52.1 Å². The van der Waals surface area contributed by atoms with Crippen LogP contribution in [0.3, 0.4) is 0 Å². The second-order valence-electron chi connectivity index (χ2n) is 10.0.